The lowest BCUT2D eigenvalue weighted by Crippen LogP contribution is -2.45. The average molecular weight is 424 g/mol. The van der Waals surface area contributed by atoms with Crippen LogP contribution in [-0.2, 0) is 19.6 Å². The zero-order valence-corrected chi connectivity index (χ0v) is 17.6. The fraction of sp³-hybridized carbons (Fsp3) is 0.700. The van der Waals surface area contributed by atoms with Crippen molar-refractivity contribution in [2.24, 2.45) is 5.92 Å². The highest BCUT2D eigenvalue weighted by molar-refractivity contribution is 7.93. The number of aromatic nitrogens is 1. The van der Waals surface area contributed by atoms with E-state index >= 15 is 0 Å². The van der Waals surface area contributed by atoms with Gasteiger partial charge in [0, 0.05) is 58.2 Å². The molecule has 0 aromatic carbocycles. The Kier molecular flexibility index (Phi) is 5.96. The Morgan fingerprint density at radius 3 is 2.41 bits per heavy atom. The van der Waals surface area contributed by atoms with Crippen LogP contribution in [0.3, 0.4) is 0 Å². The number of amides is 1. The number of hydrogen-bond donors (Lipinski definition) is 0. The zero-order chi connectivity index (χ0) is 20.4. The van der Waals surface area contributed by atoms with Crippen molar-refractivity contribution in [1.29, 1.82) is 0 Å². The number of nitrogens with zero attached hydrogens (tertiary/aromatic N) is 3. The summed E-state index contributed by atoms with van der Waals surface area (Å²) in [5.41, 5.74) is 0.543. The van der Waals surface area contributed by atoms with E-state index in [9.17, 15) is 13.2 Å². The molecule has 8 nitrogen and oxygen atoms in total. The monoisotopic (exact) mass is 423 g/mol. The number of sulfonamides is 1. The molecule has 3 aliphatic rings. The second kappa shape index (κ2) is 8.47. The lowest BCUT2D eigenvalue weighted by atomic mass is 9.97. The van der Waals surface area contributed by atoms with Gasteiger partial charge in [-0.3, -0.25) is 9.10 Å². The number of carbonyl (C=O) groups excluding carboxylic acids is 1. The second-order valence-electron chi connectivity index (χ2n) is 8.10. The molecule has 160 valence electrons. The van der Waals surface area contributed by atoms with Gasteiger partial charge in [-0.25, -0.2) is 13.4 Å². The maximum atomic E-state index is 12.6. The minimum atomic E-state index is -3.28. The molecule has 0 radical (unpaired) electrons. The van der Waals surface area contributed by atoms with E-state index in [1.54, 1.807) is 25.4 Å². The molecule has 1 amide bonds. The van der Waals surface area contributed by atoms with Crippen LogP contribution in [0.1, 0.15) is 38.5 Å². The van der Waals surface area contributed by atoms with E-state index in [4.69, 9.17) is 9.47 Å². The van der Waals surface area contributed by atoms with E-state index in [1.807, 2.05) is 4.90 Å². The van der Waals surface area contributed by atoms with Gasteiger partial charge in [0.1, 0.15) is 6.10 Å². The van der Waals surface area contributed by atoms with Gasteiger partial charge in [0.05, 0.1) is 17.1 Å². The molecule has 0 N–H and O–H groups in total. The molecule has 29 heavy (non-hydrogen) atoms. The normalized spacial score (nSPS) is 21.8. The lowest BCUT2D eigenvalue weighted by Gasteiger charge is -2.35. The summed E-state index contributed by atoms with van der Waals surface area (Å²) in [6.45, 7) is 2.74. The van der Waals surface area contributed by atoms with Crippen LogP contribution in [-0.4, -0.2) is 68.9 Å². The second-order valence-corrected chi connectivity index (χ2v) is 10.3. The number of rotatable bonds is 6. The molecule has 2 saturated heterocycles. The summed E-state index contributed by atoms with van der Waals surface area (Å²) in [5.74, 6) is 0.827. The van der Waals surface area contributed by atoms with Crippen LogP contribution in [0.2, 0.25) is 0 Å². The highest BCUT2D eigenvalue weighted by Crippen LogP contribution is 2.33. The van der Waals surface area contributed by atoms with Crippen LogP contribution in [0.5, 0.6) is 5.88 Å². The van der Waals surface area contributed by atoms with E-state index in [-0.39, 0.29) is 23.2 Å². The Morgan fingerprint density at radius 2 is 1.83 bits per heavy atom. The number of ether oxygens (including phenoxy) is 2. The predicted octanol–water partition coefficient (Wildman–Crippen LogP) is 1.81. The van der Waals surface area contributed by atoms with Gasteiger partial charge < -0.3 is 14.4 Å². The van der Waals surface area contributed by atoms with E-state index in [0.29, 0.717) is 37.9 Å². The number of anilines is 1. The van der Waals surface area contributed by atoms with Crippen molar-refractivity contribution in [2.75, 3.05) is 37.7 Å². The van der Waals surface area contributed by atoms with Gasteiger partial charge in [0.15, 0.2) is 0 Å². The van der Waals surface area contributed by atoms with Crippen molar-refractivity contribution in [3.8, 4) is 5.88 Å². The van der Waals surface area contributed by atoms with Gasteiger partial charge in [0.25, 0.3) is 0 Å². The zero-order valence-electron chi connectivity index (χ0n) is 16.8. The van der Waals surface area contributed by atoms with E-state index < -0.39 is 10.0 Å². The van der Waals surface area contributed by atoms with Crippen molar-refractivity contribution in [2.45, 2.75) is 49.9 Å². The van der Waals surface area contributed by atoms with Gasteiger partial charge in [-0.05, 0) is 31.7 Å². The third kappa shape index (κ3) is 4.66. The van der Waals surface area contributed by atoms with Gasteiger partial charge in [-0.2, -0.15) is 0 Å². The molecule has 0 atom stereocenters. The summed E-state index contributed by atoms with van der Waals surface area (Å²) in [6, 6.07) is 3.44. The smallest absolute Gasteiger partial charge is 0.237 e. The van der Waals surface area contributed by atoms with Crippen LogP contribution in [0.25, 0.3) is 0 Å². The number of hydrogen-bond acceptors (Lipinski definition) is 6. The molecule has 1 aliphatic carbocycles. The summed E-state index contributed by atoms with van der Waals surface area (Å²) in [4.78, 5) is 18.9. The maximum absolute atomic E-state index is 12.6. The summed E-state index contributed by atoms with van der Waals surface area (Å²) in [6.07, 6.45) is 6.20. The van der Waals surface area contributed by atoms with Crippen LogP contribution in [0, 0.1) is 5.92 Å². The first kappa shape index (κ1) is 20.4. The molecule has 0 bridgehead atoms. The molecular weight excluding hydrogens is 394 g/mol. The van der Waals surface area contributed by atoms with E-state index in [1.165, 1.54) is 4.31 Å². The summed E-state index contributed by atoms with van der Waals surface area (Å²) in [5, 5.41) is -0.252. The first-order valence-corrected chi connectivity index (χ1v) is 11.9. The van der Waals surface area contributed by atoms with Gasteiger partial charge in [-0.1, -0.05) is 0 Å². The number of carbonyl (C=O) groups is 1. The molecule has 2 aliphatic heterocycles. The Labute approximate surface area is 172 Å². The number of likely N-dealkylation sites (tertiary alicyclic amines) is 1. The fourth-order valence-corrected chi connectivity index (χ4v) is 5.51. The summed E-state index contributed by atoms with van der Waals surface area (Å²) >= 11 is 0. The van der Waals surface area contributed by atoms with Crippen LogP contribution < -0.4 is 9.04 Å². The lowest BCUT2D eigenvalue weighted by molar-refractivity contribution is -0.140. The first-order valence-electron chi connectivity index (χ1n) is 10.4. The van der Waals surface area contributed by atoms with Crippen LogP contribution in [0.15, 0.2) is 18.3 Å². The molecule has 9 heteroatoms. The Balaban J connectivity index is 1.27. The predicted molar refractivity (Wildman–Crippen MR) is 108 cm³/mol. The average Bonchev–Trinajstić information content (AvgIpc) is 3.61. The minimum absolute atomic E-state index is 0.0139. The van der Waals surface area contributed by atoms with Crippen molar-refractivity contribution in [3.63, 3.8) is 0 Å². The van der Waals surface area contributed by atoms with Crippen molar-refractivity contribution >= 4 is 21.6 Å². The fourth-order valence-electron chi connectivity index (χ4n) is 3.93. The molecule has 1 saturated carbocycles. The third-order valence-corrected chi connectivity index (χ3v) is 8.31. The highest BCUT2D eigenvalue weighted by atomic mass is 32.2. The van der Waals surface area contributed by atoms with Crippen LogP contribution >= 0.6 is 0 Å². The van der Waals surface area contributed by atoms with Gasteiger partial charge >= 0.3 is 0 Å². The van der Waals surface area contributed by atoms with Crippen molar-refractivity contribution in [3.05, 3.63) is 18.3 Å². The molecule has 4 rings (SSSR count). The number of piperidine rings is 1. The Bertz CT molecular complexity index is 811. The number of pyridine rings is 1. The van der Waals surface area contributed by atoms with E-state index in [0.717, 1.165) is 38.5 Å². The third-order valence-electron chi connectivity index (χ3n) is 6.02. The quantitative estimate of drug-likeness (QED) is 0.693. The molecule has 3 heterocycles. The van der Waals surface area contributed by atoms with Gasteiger partial charge in [0.2, 0.25) is 21.8 Å². The van der Waals surface area contributed by atoms with Crippen molar-refractivity contribution < 1.29 is 22.7 Å². The van der Waals surface area contributed by atoms with E-state index in [2.05, 4.69) is 4.98 Å². The summed E-state index contributed by atoms with van der Waals surface area (Å²) < 4.78 is 37.3. The SMILES string of the molecule is CN(c1ccc(OC2CCN(C(=O)C3CCOCC3)CC2)nc1)S(=O)(=O)C1CC1. The minimum Gasteiger partial charge on any atom is -0.474 e. The molecule has 0 unspecified atom stereocenters. The van der Waals surface area contributed by atoms with Crippen molar-refractivity contribution in [1.82, 2.24) is 9.88 Å². The first-order chi connectivity index (χ1) is 13.9. The van der Waals surface area contributed by atoms with Gasteiger partial charge in [-0.15, -0.1) is 0 Å². The molecule has 0 spiro atoms. The van der Waals surface area contributed by atoms with Crippen LogP contribution in [0.4, 0.5) is 5.69 Å². The Morgan fingerprint density at radius 1 is 1.14 bits per heavy atom. The molecular formula is C20H29N3O5S. The highest BCUT2D eigenvalue weighted by Gasteiger charge is 2.39. The molecule has 3 fully saturated rings. The standard InChI is InChI=1S/C20H29N3O5S/c1-22(29(25,26)18-3-4-18)16-2-5-19(21-14-16)28-17-6-10-23(11-7-17)20(24)15-8-12-27-13-9-15/h2,5,14-15,17-18H,3-4,6-13H2,1H3. The molecule has 1 aromatic heterocycles. The summed E-state index contributed by atoms with van der Waals surface area (Å²) in [7, 11) is -1.71. The maximum Gasteiger partial charge on any atom is 0.237 e. The topological polar surface area (TPSA) is 89.0 Å². The molecule has 1 aromatic rings. The largest absolute Gasteiger partial charge is 0.474 e. The Hall–Kier alpha value is -1.87.